The molecule has 0 unspecified atom stereocenters. The number of phenols is 1. The number of benzene rings is 2. The van der Waals surface area contributed by atoms with Gasteiger partial charge in [-0.3, -0.25) is 4.90 Å². The average molecular weight is 443 g/mol. The summed E-state index contributed by atoms with van der Waals surface area (Å²) in [7, 11) is 0. The van der Waals surface area contributed by atoms with Crippen molar-refractivity contribution in [1.29, 1.82) is 0 Å². The van der Waals surface area contributed by atoms with Gasteiger partial charge in [-0.2, -0.15) is 0 Å². The van der Waals surface area contributed by atoms with Crippen molar-refractivity contribution in [2.24, 2.45) is 5.92 Å². The molecule has 1 saturated heterocycles. The van der Waals surface area contributed by atoms with Gasteiger partial charge in [0, 0.05) is 42.1 Å². The van der Waals surface area contributed by atoms with E-state index in [0.29, 0.717) is 18.4 Å². The topological polar surface area (TPSA) is 57.7 Å². The molecule has 170 valence electrons. The summed E-state index contributed by atoms with van der Waals surface area (Å²) in [5.74, 6) is 1.80. The second kappa shape index (κ2) is 6.13. The number of nitrogens with zero attached hydrogens (tertiary/aromatic N) is 1. The van der Waals surface area contributed by atoms with Crippen molar-refractivity contribution in [3.8, 4) is 11.5 Å². The normalized spacial score (nSPS) is 33.6. The summed E-state index contributed by atoms with van der Waals surface area (Å²) in [6.45, 7) is 5.08. The van der Waals surface area contributed by atoms with Crippen molar-refractivity contribution in [3.63, 3.8) is 0 Å². The molecule has 2 fully saturated rings. The largest absolute Gasteiger partial charge is 0.504 e. The second-order valence-electron chi connectivity index (χ2n) is 10.9. The first-order chi connectivity index (χ1) is 16.2. The molecule has 3 heterocycles. The molecule has 33 heavy (non-hydrogen) atoms. The van der Waals surface area contributed by atoms with Crippen molar-refractivity contribution in [2.45, 2.75) is 62.2 Å². The molecule has 0 amide bonds. The Bertz CT molecular complexity index is 1310. The van der Waals surface area contributed by atoms with Gasteiger partial charge < -0.3 is 19.6 Å². The molecule has 1 aromatic heterocycles. The van der Waals surface area contributed by atoms with Crippen LogP contribution in [0.15, 0.2) is 36.4 Å². The average Bonchev–Trinajstić information content (AvgIpc) is 3.45. The fourth-order valence-corrected chi connectivity index (χ4v) is 8.07. The molecular formula is C28H30N2O3. The zero-order valence-corrected chi connectivity index (χ0v) is 19.1. The lowest BCUT2D eigenvalue weighted by atomic mass is 9.48. The Labute approximate surface area is 193 Å². The summed E-state index contributed by atoms with van der Waals surface area (Å²) in [5.41, 5.74) is 5.63. The highest BCUT2D eigenvalue weighted by Crippen LogP contribution is 2.70. The minimum absolute atomic E-state index is 0.159. The number of para-hydroxylation sites is 1. The van der Waals surface area contributed by atoms with Gasteiger partial charge in [-0.15, -0.1) is 0 Å². The highest BCUT2D eigenvalue weighted by Gasteiger charge is 2.74. The van der Waals surface area contributed by atoms with Crippen LogP contribution in [0.2, 0.25) is 0 Å². The number of ether oxygens (including phenoxy) is 2. The van der Waals surface area contributed by atoms with E-state index < -0.39 is 0 Å². The van der Waals surface area contributed by atoms with Crippen molar-refractivity contribution < 1.29 is 14.6 Å². The van der Waals surface area contributed by atoms with E-state index in [9.17, 15) is 5.11 Å². The Morgan fingerprint density at radius 1 is 1.21 bits per heavy atom. The molecule has 4 atom stereocenters. The monoisotopic (exact) mass is 442 g/mol. The molecule has 8 rings (SSSR count). The van der Waals surface area contributed by atoms with Gasteiger partial charge in [-0.05, 0) is 68.3 Å². The fourth-order valence-electron chi connectivity index (χ4n) is 8.07. The first-order valence-corrected chi connectivity index (χ1v) is 12.7. The first kappa shape index (κ1) is 18.9. The molecule has 3 aromatic rings. The number of hydrogen-bond donors (Lipinski definition) is 2. The molecule has 1 saturated carbocycles. The Morgan fingerprint density at radius 3 is 2.94 bits per heavy atom. The second-order valence-corrected chi connectivity index (χ2v) is 10.9. The van der Waals surface area contributed by atoms with E-state index >= 15 is 0 Å². The predicted molar refractivity (Wildman–Crippen MR) is 126 cm³/mol. The molecule has 0 radical (unpaired) electrons. The molecule has 2 aromatic carbocycles. The maximum absolute atomic E-state index is 10.9. The highest BCUT2D eigenvalue weighted by molar-refractivity contribution is 5.86. The third-order valence-electron chi connectivity index (χ3n) is 9.43. The van der Waals surface area contributed by atoms with Gasteiger partial charge in [0.1, 0.15) is 5.60 Å². The number of fused-ring (bicyclic) bond motifs is 4. The van der Waals surface area contributed by atoms with Crippen LogP contribution in [0.5, 0.6) is 11.5 Å². The smallest absolute Gasteiger partial charge is 0.166 e. The van der Waals surface area contributed by atoms with Crippen molar-refractivity contribution in [3.05, 3.63) is 58.8 Å². The first-order valence-electron chi connectivity index (χ1n) is 12.7. The van der Waals surface area contributed by atoms with Gasteiger partial charge in [0.05, 0.1) is 11.1 Å². The number of piperidine rings is 1. The van der Waals surface area contributed by atoms with E-state index in [0.717, 1.165) is 37.2 Å². The summed E-state index contributed by atoms with van der Waals surface area (Å²) in [4.78, 5) is 6.49. The number of rotatable bonds is 4. The van der Waals surface area contributed by atoms with Crippen molar-refractivity contribution in [2.75, 3.05) is 19.7 Å². The minimum Gasteiger partial charge on any atom is -0.504 e. The van der Waals surface area contributed by atoms with Crippen molar-refractivity contribution >= 4 is 10.9 Å². The van der Waals surface area contributed by atoms with E-state index in [1.54, 1.807) is 0 Å². The highest BCUT2D eigenvalue weighted by atomic mass is 16.5. The number of H-pyrrole nitrogens is 1. The van der Waals surface area contributed by atoms with Crippen LogP contribution in [0.1, 0.15) is 54.7 Å². The summed E-state index contributed by atoms with van der Waals surface area (Å²) in [6, 6.07) is 12.9. The van der Waals surface area contributed by atoms with E-state index in [4.69, 9.17) is 9.47 Å². The van der Waals surface area contributed by atoms with Crippen LogP contribution in [0.4, 0.5) is 0 Å². The van der Waals surface area contributed by atoms with Crippen LogP contribution in [0.3, 0.4) is 0 Å². The molecule has 3 aliphatic carbocycles. The Hall–Kier alpha value is -2.50. The van der Waals surface area contributed by atoms with Crippen LogP contribution in [-0.2, 0) is 23.0 Å². The molecular weight excluding hydrogens is 412 g/mol. The Balaban J connectivity index is 1.44. The third kappa shape index (κ3) is 2.12. The number of aromatic hydroxyl groups is 1. The number of aromatic nitrogens is 1. The zero-order valence-electron chi connectivity index (χ0n) is 19.1. The van der Waals surface area contributed by atoms with Crippen LogP contribution >= 0.6 is 0 Å². The zero-order chi connectivity index (χ0) is 21.9. The Morgan fingerprint density at radius 2 is 2.09 bits per heavy atom. The van der Waals surface area contributed by atoms with Gasteiger partial charge in [0.15, 0.2) is 17.6 Å². The van der Waals surface area contributed by atoms with E-state index in [1.807, 2.05) is 6.07 Å². The van der Waals surface area contributed by atoms with Gasteiger partial charge in [-0.25, -0.2) is 0 Å². The van der Waals surface area contributed by atoms with Crippen LogP contribution in [0.25, 0.3) is 10.9 Å². The summed E-state index contributed by atoms with van der Waals surface area (Å²) < 4.78 is 13.8. The van der Waals surface area contributed by atoms with E-state index in [2.05, 4.69) is 47.1 Å². The third-order valence-corrected chi connectivity index (χ3v) is 9.43. The van der Waals surface area contributed by atoms with Gasteiger partial charge in [0.2, 0.25) is 0 Å². The molecule has 5 heteroatoms. The number of phenolic OH excluding ortho intramolecular Hbond substituents is 1. The van der Waals surface area contributed by atoms with Crippen LogP contribution in [0, 0.1) is 5.92 Å². The number of likely N-dealkylation sites (tertiary alicyclic amines) is 1. The lowest BCUT2D eigenvalue weighted by Gasteiger charge is -2.64. The molecule has 2 bridgehead atoms. The lowest BCUT2D eigenvalue weighted by Crippen LogP contribution is -2.75. The van der Waals surface area contributed by atoms with Gasteiger partial charge in [0.25, 0.3) is 0 Å². The fraction of sp³-hybridized carbons (Fsp3) is 0.500. The Kier molecular flexibility index (Phi) is 3.51. The SMILES string of the molecule is CCO[C@@]12Cc3c([nH]c4ccccc34)[C@@H]3Oc4c(O)ccc5c4[C@@]31CCN(CC1CC1)[C@H]2C5. The van der Waals surface area contributed by atoms with Gasteiger partial charge >= 0.3 is 0 Å². The summed E-state index contributed by atoms with van der Waals surface area (Å²) in [6.07, 6.45) is 5.42. The minimum atomic E-state index is -0.358. The standard InChI is InChI=1S/C28H30N2O3/c1-2-32-28-14-19-18-5-3-4-6-20(18)29-24(19)26-27(28)11-12-30(15-16-7-8-16)22(28)13-17-9-10-21(31)25(33-26)23(17)27/h3-6,9-10,16,22,26,29,31H,2,7-8,11-15H2,1H3/t22-,26-,27-,28+/m0/s1. The van der Waals surface area contributed by atoms with E-state index in [-0.39, 0.29) is 22.9 Å². The molecule has 1 spiro atoms. The lowest BCUT2D eigenvalue weighted by molar-refractivity contribution is -0.202. The molecule has 5 aliphatic rings. The summed E-state index contributed by atoms with van der Waals surface area (Å²) >= 11 is 0. The number of hydrogen-bond acceptors (Lipinski definition) is 4. The summed E-state index contributed by atoms with van der Waals surface area (Å²) in [5, 5.41) is 12.2. The molecule has 2 aliphatic heterocycles. The van der Waals surface area contributed by atoms with Gasteiger partial charge in [-0.1, -0.05) is 24.3 Å². The maximum Gasteiger partial charge on any atom is 0.166 e. The number of nitrogens with one attached hydrogen (secondary N) is 1. The molecule has 5 nitrogen and oxygen atoms in total. The molecule has 2 N–H and O–H groups in total. The van der Waals surface area contributed by atoms with E-state index in [1.165, 1.54) is 47.2 Å². The predicted octanol–water partition coefficient (Wildman–Crippen LogP) is 4.62. The van der Waals surface area contributed by atoms with Crippen LogP contribution < -0.4 is 4.74 Å². The van der Waals surface area contributed by atoms with Crippen molar-refractivity contribution in [1.82, 2.24) is 9.88 Å². The number of aromatic amines is 1. The van der Waals surface area contributed by atoms with Crippen LogP contribution in [-0.4, -0.2) is 46.3 Å². The maximum atomic E-state index is 10.9. The quantitative estimate of drug-likeness (QED) is 0.619.